The first-order chi connectivity index (χ1) is 19.1. The van der Waals surface area contributed by atoms with Gasteiger partial charge in [-0.2, -0.15) is 9.40 Å². The zero-order valence-electron chi connectivity index (χ0n) is 23.0. The van der Waals surface area contributed by atoms with Crippen LogP contribution in [0.4, 0.5) is 4.39 Å². The Bertz CT molecular complexity index is 1640. The van der Waals surface area contributed by atoms with Crippen LogP contribution < -0.4 is 0 Å². The summed E-state index contributed by atoms with van der Waals surface area (Å²) in [5, 5.41) is 4.59. The summed E-state index contributed by atoms with van der Waals surface area (Å²) in [4.78, 5) is 19.0. The predicted molar refractivity (Wildman–Crippen MR) is 154 cm³/mol. The summed E-state index contributed by atoms with van der Waals surface area (Å²) in [6.07, 6.45) is 10.1. The van der Waals surface area contributed by atoms with Crippen LogP contribution in [0.5, 0.6) is 0 Å². The lowest BCUT2D eigenvalue weighted by atomic mass is 9.60. The van der Waals surface area contributed by atoms with Gasteiger partial charge in [0.25, 0.3) is 0 Å². The van der Waals surface area contributed by atoms with Crippen LogP contribution in [-0.2, 0) is 16.4 Å². The van der Waals surface area contributed by atoms with Crippen LogP contribution in [0, 0.1) is 18.2 Å². The third-order valence-electron chi connectivity index (χ3n) is 8.10. The molecule has 40 heavy (non-hydrogen) atoms. The summed E-state index contributed by atoms with van der Waals surface area (Å²) in [5.41, 5.74) is 3.71. The molecule has 2 heterocycles. The highest BCUT2D eigenvalue weighted by atomic mass is 32.2. The highest BCUT2D eigenvalue weighted by molar-refractivity contribution is 7.93. The minimum Gasteiger partial charge on any atom is -0.291 e. The van der Waals surface area contributed by atoms with E-state index in [1.54, 1.807) is 48.3 Å². The Labute approximate surface area is 234 Å². The topological polar surface area (TPSA) is 85.2 Å². The van der Waals surface area contributed by atoms with Crippen LogP contribution in [-0.4, -0.2) is 45.9 Å². The van der Waals surface area contributed by atoms with E-state index in [0.29, 0.717) is 31.4 Å². The molecule has 2 aliphatic rings. The van der Waals surface area contributed by atoms with Crippen molar-refractivity contribution in [2.45, 2.75) is 52.5 Å². The van der Waals surface area contributed by atoms with E-state index < -0.39 is 15.4 Å². The van der Waals surface area contributed by atoms with Gasteiger partial charge in [-0.1, -0.05) is 25.2 Å². The lowest BCUT2D eigenvalue weighted by Gasteiger charge is -2.46. The molecule has 1 aromatic carbocycles. The first kappa shape index (κ1) is 27.9. The first-order valence-corrected chi connectivity index (χ1v) is 14.9. The standard InChI is InChI=1S/C31H33FN4O3S/c1-5-27(6-2)40(38,39)35(7-3)26-11-8-23-17-29-22(20-34-36(29)25-12-9-24(32)10-13-25)18-31(23,19-26)30(37)28-16-21(4)14-15-33-28/h5-6,9-10,12-17,20,26H,1,7-8,11,18-19H2,2-4H3/b27-6+/t26-,31-/m0/s1. The van der Waals surface area contributed by atoms with Crippen molar-refractivity contribution in [3.63, 3.8) is 0 Å². The summed E-state index contributed by atoms with van der Waals surface area (Å²) in [6, 6.07) is 9.38. The molecule has 7 nitrogen and oxygen atoms in total. The van der Waals surface area contributed by atoms with Crippen molar-refractivity contribution in [1.29, 1.82) is 0 Å². The lowest BCUT2D eigenvalue weighted by molar-refractivity contribution is 0.0739. The first-order valence-electron chi connectivity index (χ1n) is 13.5. The van der Waals surface area contributed by atoms with Crippen molar-refractivity contribution >= 4 is 21.9 Å². The van der Waals surface area contributed by atoms with Crippen LogP contribution in [0.1, 0.15) is 60.4 Å². The van der Waals surface area contributed by atoms with Gasteiger partial charge >= 0.3 is 0 Å². The number of sulfonamides is 1. The van der Waals surface area contributed by atoms with Crippen molar-refractivity contribution in [2.24, 2.45) is 5.41 Å². The number of carbonyl (C=O) groups excluding carboxylic acids is 1. The number of fused-ring (bicyclic) bond motifs is 2. The van der Waals surface area contributed by atoms with Crippen LogP contribution in [0.2, 0.25) is 0 Å². The number of nitrogens with zero attached hydrogens (tertiary/aromatic N) is 4. The summed E-state index contributed by atoms with van der Waals surface area (Å²) >= 11 is 0. The minimum absolute atomic E-state index is 0.115. The minimum atomic E-state index is -3.79. The van der Waals surface area contributed by atoms with Crippen molar-refractivity contribution < 1.29 is 17.6 Å². The maximum Gasteiger partial charge on any atom is 0.242 e. The number of aryl methyl sites for hydroxylation is 1. The summed E-state index contributed by atoms with van der Waals surface area (Å²) in [7, 11) is -3.79. The van der Waals surface area contributed by atoms with Gasteiger partial charge in [0, 0.05) is 18.8 Å². The maximum atomic E-state index is 14.4. The Hall–Kier alpha value is -3.69. The Morgan fingerprint density at radius 3 is 2.67 bits per heavy atom. The third-order valence-corrected chi connectivity index (χ3v) is 10.3. The molecule has 0 saturated heterocycles. The molecule has 0 amide bonds. The molecule has 0 radical (unpaired) electrons. The third kappa shape index (κ3) is 4.67. The smallest absolute Gasteiger partial charge is 0.242 e. The Morgan fingerprint density at radius 2 is 2.02 bits per heavy atom. The molecule has 2 atom stereocenters. The molecular formula is C31H33FN4O3S. The van der Waals surface area contributed by atoms with Crippen molar-refractivity contribution in [1.82, 2.24) is 19.1 Å². The quantitative estimate of drug-likeness (QED) is 0.256. The van der Waals surface area contributed by atoms with Crippen LogP contribution in [0.15, 0.2) is 78.0 Å². The fraction of sp³-hybridized carbons (Fsp3) is 0.323. The summed E-state index contributed by atoms with van der Waals surface area (Å²) in [5.74, 6) is -0.444. The molecule has 0 unspecified atom stereocenters. The molecule has 0 N–H and O–H groups in total. The second kappa shape index (κ2) is 10.7. The molecular weight excluding hydrogens is 527 g/mol. The van der Waals surface area contributed by atoms with Gasteiger partial charge in [-0.25, -0.2) is 17.5 Å². The Kier molecular flexibility index (Phi) is 7.46. The molecule has 3 aromatic rings. The van der Waals surface area contributed by atoms with Gasteiger partial charge in [-0.3, -0.25) is 9.78 Å². The fourth-order valence-electron chi connectivity index (χ4n) is 6.15. The Balaban J connectivity index is 1.62. The summed E-state index contributed by atoms with van der Waals surface area (Å²) in [6.45, 7) is 9.39. The van der Waals surface area contributed by atoms with E-state index in [1.165, 1.54) is 22.5 Å². The number of allylic oxidation sites excluding steroid dienone is 3. The van der Waals surface area contributed by atoms with Gasteiger partial charge in [-0.15, -0.1) is 0 Å². The maximum absolute atomic E-state index is 14.4. The van der Waals surface area contributed by atoms with Crippen LogP contribution in [0.25, 0.3) is 11.8 Å². The van der Waals surface area contributed by atoms with E-state index in [9.17, 15) is 17.6 Å². The van der Waals surface area contributed by atoms with E-state index in [4.69, 9.17) is 0 Å². The average Bonchev–Trinajstić information content (AvgIpc) is 3.34. The van der Waals surface area contributed by atoms with Crippen LogP contribution in [0.3, 0.4) is 0 Å². The number of pyridine rings is 1. The largest absolute Gasteiger partial charge is 0.291 e. The molecule has 1 saturated carbocycles. The van der Waals surface area contributed by atoms with Gasteiger partial charge in [0.2, 0.25) is 10.0 Å². The fourth-order valence-corrected chi connectivity index (χ4v) is 7.85. The van der Waals surface area contributed by atoms with E-state index in [0.717, 1.165) is 28.1 Å². The highest BCUT2D eigenvalue weighted by Crippen LogP contribution is 2.51. The zero-order chi connectivity index (χ0) is 28.7. The SMILES string of the molecule is C=C/C(=C\C)S(=O)(=O)N(CC)[C@H]1CCC2=Cc3c(cnn3-c3ccc(F)cc3)C[C@]2(C(=O)c2cc(C)ccn2)C1. The van der Waals surface area contributed by atoms with E-state index in [2.05, 4.69) is 16.7 Å². The van der Waals surface area contributed by atoms with E-state index >= 15 is 0 Å². The number of aromatic nitrogens is 3. The number of carbonyl (C=O) groups is 1. The lowest BCUT2D eigenvalue weighted by Crippen LogP contribution is -2.50. The molecule has 0 spiro atoms. The van der Waals surface area contributed by atoms with Gasteiger partial charge in [0.15, 0.2) is 5.78 Å². The van der Waals surface area contributed by atoms with Crippen molar-refractivity contribution in [3.05, 3.63) is 106 Å². The molecule has 2 aromatic heterocycles. The molecule has 9 heteroatoms. The number of ketones is 1. The van der Waals surface area contributed by atoms with Gasteiger partial charge in [0.05, 0.1) is 27.9 Å². The Morgan fingerprint density at radius 1 is 1.27 bits per heavy atom. The number of hydrogen-bond donors (Lipinski definition) is 0. The van der Waals surface area contributed by atoms with Gasteiger partial charge in [0.1, 0.15) is 11.5 Å². The monoisotopic (exact) mass is 560 g/mol. The number of hydrogen-bond acceptors (Lipinski definition) is 5. The van der Waals surface area contributed by atoms with Gasteiger partial charge in [-0.05, 0) is 99.2 Å². The molecule has 2 aliphatic carbocycles. The predicted octanol–water partition coefficient (Wildman–Crippen LogP) is 5.82. The second-order valence-electron chi connectivity index (χ2n) is 10.4. The average molecular weight is 561 g/mol. The van der Waals surface area contributed by atoms with Crippen molar-refractivity contribution in [3.8, 4) is 5.69 Å². The highest BCUT2D eigenvalue weighted by Gasteiger charge is 2.51. The number of halogens is 1. The second-order valence-corrected chi connectivity index (χ2v) is 12.3. The van der Waals surface area contributed by atoms with Crippen LogP contribution >= 0.6 is 0 Å². The van der Waals surface area contributed by atoms with Gasteiger partial charge < -0.3 is 0 Å². The van der Waals surface area contributed by atoms with E-state index in [1.807, 2.05) is 26.0 Å². The molecule has 0 bridgehead atoms. The number of Topliss-reactive ketones (excluding diaryl/α,β-unsaturated/α-hetero) is 1. The molecule has 208 valence electrons. The molecule has 5 rings (SSSR count). The summed E-state index contributed by atoms with van der Waals surface area (Å²) < 4.78 is 44.0. The number of rotatable bonds is 8. The molecule has 1 fully saturated rings. The zero-order valence-corrected chi connectivity index (χ0v) is 23.8. The van der Waals surface area contributed by atoms with Crippen molar-refractivity contribution in [2.75, 3.05) is 6.54 Å². The van der Waals surface area contributed by atoms with E-state index in [-0.39, 0.29) is 29.1 Å². The molecule has 0 aliphatic heterocycles. The number of benzene rings is 1. The normalized spacial score (nSPS) is 21.0.